The number of rotatable bonds is 6. The Balaban J connectivity index is 2.84. The maximum Gasteiger partial charge on any atom is 0.416 e. The van der Waals surface area contributed by atoms with E-state index in [4.69, 9.17) is 0 Å². The van der Waals surface area contributed by atoms with Crippen LogP contribution in [0.1, 0.15) is 12.5 Å². The van der Waals surface area contributed by atoms with E-state index in [0.717, 1.165) is 12.1 Å². The van der Waals surface area contributed by atoms with Crippen LogP contribution >= 0.6 is 11.8 Å². The van der Waals surface area contributed by atoms with Gasteiger partial charge in [-0.3, -0.25) is 0 Å². The molecule has 1 rings (SSSR count). The minimum Gasteiger partial charge on any atom is -0.388 e. The topological polar surface area (TPSA) is 66.4 Å². The van der Waals surface area contributed by atoms with Gasteiger partial charge in [-0.25, -0.2) is 13.1 Å². The van der Waals surface area contributed by atoms with Crippen LogP contribution in [0.15, 0.2) is 29.2 Å². The van der Waals surface area contributed by atoms with Crippen molar-refractivity contribution in [3.05, 3.63) is 29.8 Å². The van der Waals surface area contributed by atoms with Crippen LogP contribution in [0.25, 0.3) is 0 Å². The van der Waals surface area contributed by atoms with Crippen molar-refractivity contribution in [3.63, 3.8) is 0 Å². The third-order valence-corrected chi connectivity index (χ3v) is 4.92. The molecule has 4 nitrogen and oxygen atoms in total. The normalized spacial score (nSPS) is 15.7. The Morgan fingerprint density at radius 2 is 1.76 bits per heavy atom. The molecule has 120 valence electrons. The summed E-state index contributed by atoms with van der Waals surface area (Å²) in [4.78, 5) is -0.282. The van der Waals surface area contributed by atoms with Crippen LogP contribution in [0.2, 0.25) is 0 Å². The predicted molar refractivity (Wildman–Crippen MR) is 75.6 cm³/mol. The summed E-state index contributed by atoms with van der Waals surface area (Å²) >= 11 is 1.35. The van der Waals surface area contributed by atoms with Gasteiger partial charge in [0.25, 0.3) is 0 Å². The number of benzene rings is 1. The molecule has 9 heteroatoms. The van der Waals surface area contributed by atoms with Crippen molar-refractivity contribution >= 4 is 21.8 Å². The first kappa shape index (κ1) is 18.3. The quantitative estimate of drug-likeness (QED) is 0.830. The molecule has 2 N–H and O–H groups in total. The summed E-state index contributed by atoms with van der Waals surface area (Å²) in [6.07, 6.45) is -2.75. The van der Waals surface area contributed by atoms with Crippen LogP contribution in [0, 0.1) is 0 Å². The lowest BCUT2D eigenvalue weighted by atomic mass is 10.1. The molecule has 0 heterocycles. The minimum absolute atomic E-state index is 0.225. The number of sulfonamides is 1. The van der Waals surface area contributed by atoms with Crippen LogP contribution < -0.4 is 4.72 Å². The number of halogens is 3. The summed E-state index contributed by atoms with van der Waals surface area (Å²) in [5.41, 5.74) is -2.16. The molecule has 0 amide bonds. The second-order valence-electron chi connectivity index (χ2n) is 4.78. The molecule has 0 spiro atoms. The van der Waals surface area contributed by atoms with Gasteiger partial charge in [-0.05, 0) is 37.4 Å². The predicted octanol–water partition coefficient (Wildman–Crippen LogP) is 2.10. The van der Waals surface area contributed by atoms with E-state index in [1.54, 1.807) is 6.26 Å². The van der Waals surface area contributed by atoms with Crippen LogP contribution in [0.4, 0.5) is 13.2 Å². The summed E-state index contributed by atoms with van der Waals surface area (Å²) in [5.74, 6) is 0.322. The summed E-state index contributed by atoms with van der Waals surface area (Å²) in [7, 11) is -3.96. The van der Waals surface area contributed by atoms with Crippen molar-refractivity contribution in [2.45, 2.75) is 23.6 Å². The molecule has 0 saturated carbocycles. The zero-order valence-electron chi connectivity index (χ0n) is 11.4. The molecule has 21 heavy (non-hydrogen) atoms. The molecule has 0 fully saturated rings. The fourth-order valence-electron chi connectivity index (χ4n) is 1.52. The molecular formula is C12H16F3NO3S2. The Morgan fingerprint density at radius 3 is 2.19 bits per heavy atom. The molecular weight excluding hydrogens is 327 g/mol. The lowest BCUT2D eigenvalue weighted by molar-refractivity contribution is -0.137. The highest BCUT2D eigenvalue weighted by atomic mass is 32.2. The number of alkyl halides is 3. The highest BCUT2D eigenvalue weighted by Crippen LogP contribution is 2.29. The van der Waals surface area contributed by atoms with Gasteiger partial charge in [-0.15, -0.1) is 0 Å². The highest BCUT2D eigenvalue weighted by molar-refractivity contribution is 7.98. The molecule has 1 aromatic rings. The maximum absolute atomic E-state index is 12.4. The molecule has 0 aliphatic heterocycles. The fourth-order valence-corrected chi connectivity index (χ4v) is 3.40. The standard InChI is InChI=1S/C12H16F3NO3S2/c1-11(17,8-20-2)7-16-21(18,19)10-5-3-9(4-6-10)12(13,14)15/h3-6,16-17H,7-8H2,1-2H3. The molecule has 1 unspecified atom stereocenters. The second-order valence-corrected chi connectivity index (χ2v) is 7.41. The number of nitrogens with one attached hydrogen (secondary N) is 1. The summed E-state index contributed by atoms with van der Waals surface area (Å²) in [6.45, 7) is 1.25. The summed E-state index contributed by atoms with van der Waals surface area (Å²) in [5, 5.41) is 9.88. The van der Waals surface area contributed by atoms with Gasteiger partial charge < -0.3 is 5.11 Å². The van der Waals surface area contributed by atoms with E-state index >= 15 is 0 Å². The average Bonchev–Trinajstić information content (AvgIpc) is 2.36. The van der Waals surface area contributed by atoms with E-state index in [9.17, 15) is 26.7 Å². The lowest BCUT2D eigenvalue weighted by Gasteiger charge is -2.22. The smallest absolute Gasteiger partial charge is 0.388 e. The van der Waals surface area contributed by atoms with E-state index < -0.39 is 27.4 Å². The molecule has 0 aliphatic rings. The Hall–Kier alpha value is -0.770. The molecule has 0 saturated heterocycles. The number of thioether (sulfide) groups is 1. The average molecular weight is 343 g/mol. The number of hydrogen-bond donors (Lipinski definition) is 2. The van der Waals surface area contributed by atoms with Crippen molar-refractivity contribution in [1.82, 2.24) is 4.72 Å². The zero-order valence-corrected chi connectivity index (χ0v) is 13.1. The van der Waals surface area contributed by atoms with E-state index in [0.29, 0.717) is 17.9 Å². The van der Waals surface area contributed by atoms with E-state index in [2.05, 4.69) is 4.72 Å². The van der Waals surface area contributed by atoms with Gasteiger partial charge in [-0.1, -0.05) is 0 Å². The Kier molecular flexibility index (Phi) is 5.70. The monoisotopic (exact) mass is 343 g/mol. The number of aliphatic hydroxyl groups is 1. The van der Waals surface area contributed by atoms with Crippen molar-refractivity contribution < 1.29 is 26.7 Å². The second kappa shape index (κ2) is 6.55. The van der Waals surface area contributed by atoms with Gasteiger partial charge in [0.2, 0.25) is 10.0 Å². The van der Waals surface area contributed by atoms with E-state index in [1.165, 1.54) is 18.7 Å². The molecule has 0 aromatic heterocycles. The van der Waals surface area contributed by atoms with Crippen LogP contribution in [0.3, 0.4) is 0 Å². The van der Waals surface area contributed by atoms with Gasteiger partial charge in [0.05, 0.1) is 16.1 Å². The van der Waals surface area contributed by atoms with Crippen LogP contribution in [-0.4, -0.2) is 37.7 Å². The van der Waals surface area contributed by atoms with Crippen LogP contribution in [-0.2, 0) is 16.2 Å². The Labute approximate surface area is 125 Å². The molecule has 0 aliphatic carbocycles. The van der Waals surface area contributed by atoms with Crippen LogP contribution in [0.5, 0.6) is 0 Å². The van der Waals surface area contributed by atoms with Crippen molar-refractivity contribution in [1.29, 1.82) is 0 Å². The minimum atomic E-state index is -4.52. The Morgan fingerprint density at radius 1 is 1.24 bits per heavy atom. The van der Waals surface area contributed by atoms with E-state index in [1.807, 2.05) is 0 Å². The van der Waals surface area contributed by atoms with Crippen molar-refractivity contribution in [3.8, 4) is 0 Å². The fraction of sp³-hybridized carbons (Fsp3) is 0.500. The SMILES string of the molecule is CSCC(C)(O)CNS(=O)(=O)c1ccc(C(F)(F)F)cc1. The number of hydrogen-bond acceptors (Lipinski definition) is 4. The lowest BCUT2D eigenvalue weighted by Crippen LogP contribution is -2.42. The van der Waals surface area contributed by atoms with Crippen molar-refractivity contribution in [2.75, 3.05) is 18.6 Å². The third kappa shape index (κ3) is 5.50. The zero-order chi connectivity index (χ0) is 16.3. The first-order valence-corrected chi connectivity index (χ1v) is 8.74. The third-order valence-electron chi connectivity index (χ3n) is 2.59. The molecule has 1 aromatic carbocycles. The highest BCUT2D eigenvalue weighted by Gasteiger charge is 2.31. The maximum atomic E-state index is 12.4. The largest absolute Gasteiger partial charge is 0.416 e. The van der Waals surface area contributed by atoms with Gasteiger partial charge in [0, 0.05) is 12.3 Å². The van der Waals surface area contributed by atoms with Gasteiger partial charge in [0.1, 0.15) is 0 Å². The summed E-state index contributed by atoms with van der Waals surface area (Å²) in [6, 6.07) is 3.17. The van der Waals surface area contributed by atoms with Crippen molar-refractivity contribution in [2.24, 2.45) is 0 Å². The first-order chi connectivity index (χ1) is 9.48. The molecule has 0 radical (unpaired) electrons. The van der Waals surface area contributed by atoms with Gasteiger partial charge >= 0.3 is 6.18 Å². The Bertz CT molecular complexity index is 568. The van der Waals surface area contributed by atoms with Gasteiger partial charge in [0.15, 0.2) is 0 Å². The van der Waals surface area contributed by atoms with E-state index in [-0.39, 0.29) is 11.4 Å². The first-order valence-electron chi connectivity index (χ1n) is 5.86. The summed E-state index contributed by atoms with van der Waals surface area (Å²) < 4.78 is 63.3. The molecule has 0 bridgehead atoms. The molecule has 1 atom stereocenters. The van der Waals surface area contributed by atoms with Gasteiger partial charge in [-0.2, -0.15) is 24.9 Å².